The van der Waals surface area contributed by atoms with Crippen molar-refractivity contribution in [1.82, 2.24) is 0 Å². The molecule has 1 N–H and O–H groups in total. The second-order valence-electron chi connectivity index (χ2n) is 4.82. The highest BCUT2D eigenvalue weighted by Crippen LogP contribution is 2.48. The van der Waals surface area contributed by atoms with Crippen LogP contribution in [0, 0.1) is 0 Å². The number of aliphatic hydroxyl groups is 1. The van der Waals surface area contributed by atoms with Crippen LogP contribution in [0.25, 0.3) is 11.0 Å². The molecular weight excluding hydrogens is 266 g/mol. The van der Waals surface area contributed by atoms with Crippen LogP contribution in [-0.2, 0) is 0 Å². The van der Waals surface area contributed by atoms with E-state index in [0.29, 0.717) is 5.88 Å². The van der Waals surface area contributed by atoms with Crippen LogP contribution in [0.1, 0.15) is 11.1 Å². The summed E-state index contributed by atoms with van der Waals surface area (Å²) >= 11 is 1.69. The van der Waals surface area contributed by atoms with E-state index in [9.17, 15) is 5.11 Å². The summed E-state index contributed by atoms with van der Waals surface area (Å²) < 4.78 is 0. The molecule has 0 spiro atoms. The Bertz CT molecular complexity index is 721. The molecule has 0 saturated carbocycles. The van der Waals surface area contributed by atoms with Crippen molar-refractivity contribution in [3.05, 3.63) is 77.7 Å². The average Bonchev–Trinajstić information content (AvgIpc) is 2.86. The van der Waals surface area contributed by atoms with E-state index in [-0.39, 0.29) is 5.37 Å². The first-order valence-corrected chi connectivity index (χ1v) is 7.44. The number of para-hydroxylation sites is 1. The summed E-state index contributed by atoms with van der Waals surface area (Å²) in [6.07, 6.45) is 4.27. The van der Waals surface area contributed by atoms with Gasteiger partial charge in [-0.3, -0.25) is 4.90 Å². The number of hydrogen-bond donors (Lipinski definition) is 1. The van der Waals surface area contributed by atoms with Crippen LogP contribution in [0.5, 0.6) is 0 Å². The number of rotatable bonds is 1. The number of benzene rings is 2. The zero-order valence-electron chi connectivity index (χ0n) is 10.7. The molecule has 0 aromatic heterocycles. The largest absolute Gasteiger partial charge is 0.494 e. The standard InChI is InChI=1S/C17H13NOS/c19-17-16(13-7-2-1-3-8-13)20-15-11-10-12-6-4-5-9-14(12)18(15)17/h1-11,15,19H. The van der Waals surface area contributed by atoms with Gasteiger partial charge in [-0.2, -0.15) is 0 Å². The Morgan fingerprint density at radius 3 is 2.55 bits per heavy atom. The summed E-state index contributed by atoms with van der Waals surface area (Å²) in [5.41, 5.74) is 3.27. The smallest absolute Gasteiger partial charge is 0.207 e. The Balaban J connectivity index is 1.84. The molecule has 2 nitrogen and oxygen atoms in total. The summed E-state index contributed by atoms with van der Waals surface area (Å²) in [6, 6.07) is 18.2. The van der Waals surface area contributed by atoms with Crippen LogP contribution < -0.4 is 4.90 Å². The van der Waals surface area contributed by atoms with E-state index in [1.807, 2.05) is 47.4 Å². The van der Waals surface area contributed by atoms with E-state index >= 15 is 0 Å². The van der Waals surface area contributed by atoms with E-state index < -0.39 is 0 Å². The summed E-state index contributed by atoms with van der Waals surface area (Å²) in [7, 11) is 0. The van der Waals surface area contributed by atoms with Crippen LogP contribution >= 0.6 is 11.8 Å². The molecule has 2 aromatic rings. The van der Waals surface area contributed by atoms with Gasteiger partial charge in [0.15, 0.2) is 0 Å². The van der Waals surface area contributed by atoms with Crippen molar-refractivity contribution in [3.8, 4) is 0 Å². The zero-order valence-corrected chi connectivity index (χ0v) is 11.5. The third-order valence-electron chi connectivity index (χ3n) is 3.60. The molecule has 0 saturated heterocycles. The summed E-state index contributed by atoms with van der Waals surface area (Å²) in [5, 5.41) is 10.8. The highest BCUT2D eigenvalue weighted by molar-refractivity contribution is 8.09. The number of aliphatic hydroxyl groups excluding tert-OH is 1. The molecule has 0 aliphatic carbocycles. The van der Waals surface area contributed by atoms with E-state index in [4.69, 9.17) is 0 Å². The Morgan fingerprint density at radius 2 is 1.70 bits per heavy atom. The third kappa shape index (κ3) is 1.67. The van der Waals surface area contributed by atoms with Crippen LogP contribution in [-0.4, -0.2) is 10.5 Å². The fourth-order valence-electron chi connectivity index (χ4n) is 2.65. The molecule has 0 radical (unpaired) electrons. The van der Waals surface area contributed by atoms with Crippen molar-refractivity contribution in [2.75, 3.05) is 4.90 Å². The summed E-state index contributed by atoms with van der Waals surface area (Å²) in [6.45, 7) is 0. The Labute approximate surface area is 122 Å². The fourth-order valence-corrected chi connectivity index (χ4v) is 3.85. The lowest BCUT2D eigenvalue weighted by molar-refractivity contribution is 0.398. The summed E-state index contributed by atoms with van der Waals surface area (Å²) in [5.74, 6) is 0.350. The second kappa shape index (κ2) is 4.46. The Morgan fingerprint density at radius 1 is 0.950 bits per heavy atom. The fraction of sp³-hybridized carbons (Fsp3) is 0.0588. The quantitative estimate of drug-likeness (QED) is 0.832. The topological polar surface area (TPSA) is 23.5 Å². The molecule has 3 heteroatoms. The predicted octanol–water partition coefficient (Wildman–Crippen LogP) is 4.48. The number of hydrogen-bond acceptors (Lipinski definition) is 3. The Kier molecular flexibility index (Phi) is 2.60. The molecule has 2 aromatic carbocycles. The van der Waals surface area contributed by atoms with Crippen molar-refractivity contribution in [3.63, 3.8) is 0 Å². The van der Waals surface area contributed by atoms with Gasteiger partial charge in [0.25, 0.3) is 0 Å². The molecule has 20 heavy (non-hydrogen) atoms. The van der Waals surface area contributed by atoms with Gasteiger partial charge in [0, 0.05) is 0 Å². The van der Waals surface area contributed by atoms with Gasteiger partial charge in [-0.1, -0.05) is 72.4 Å². The number of thioether (sulfide) groups is 1. The van der Waals surface area contributed by atoms with Gasteiger partial charge < -0.3 is 5.11 Å². The van der Waals surface area contributed by atoms with Crippen molar-refractivity contribution in [1.29, 1.82) is 0 Å². The van der Waals surface area contributed by atoms with Crippen molar-refractivity contribution in [2.45, 2.75) is 5.37 Å². The van der Waals surface area contributed by atoms with Crippen LogP contribution in [0.15, 0.2) is 66.6 Å². The van der Waals surface area contributed by atoms with Crippen molar-refractivity contribution in [2.24, 2.45) is 0 Å². The molecule has 0 fully saturated rings. The van der Waals surface area contributed by atoms with E-state index in [0.717, 1.165) is 21.7 Å². The van der Waals surface area contributed by atoms with E-state index in [1.165, 1.54) is 0 Å². The zero-order chi connectivity index (χ0) is 13.5. The van der Waals surface area contributed by atoms with Crippen LogP contribution in [0.3, 0.4) is 0 Å². The second-order valence-corrected chi connectivity index (χ2v) is 5.94. The highest BCUT2D eigenvalue weighted by Gasteiger charge is 2.35. The highest BCUT2D eigenvalue weighted by atomic mass is 32.2. The molecule has 1 unspecified atom stereocenters. The van der Waals surface area contributed by atoms with Gasteiger partial charge in [0.1, 0.15) is 5.37 Å². The lowest BCUT2D eigenvalue weighted by atomic mass is 10.1. The molecule has 1 atom stereocenters. The molecule has 2 heterocycles. The first-order valence-electron chi connectivity index (χ1n) is 6.56. The number of nitrogens with zero attached hydrogens (tertiary/aromatic N) is 1. The lowest BCUT2D eigenvalue weighted by Crippen LogP contribution is -2.29. The molecule has 0 amide bonds. The van der Waals surface area contributed by atoms with Gasteiger partial charge in [-0.25, -0.2) is 0 Å². The van der Waals surface area contributed by atoms with Gasteiger partial charge in [-0.15, -0.1) is 0 Å². The van der Waals surface area contributed by atoms with Gasteiger partial charge in [0.05, 0.1) is 10.6 Å². The number of anilines is 1. The molecule has 4 rings (SSSR count). The minimum atomic E-state index is 0.139. The molecular formula is C17H13NOS. The SMILES string of the molecule is OC1=C(c2ccccc2)SC2C=Cc3ccccc3N12. The average molecular weight is 279 g/mol. The van der Waals surface area contributed by atoms with Gasteiger partial charge in [-0.05, 0) is 17.2 Å². The molecule has 2 aliphatic rings. The third-order valence-corrected chi connectivity index (χ3v) is 4.86. The van der Waals surface area contributed by atoms with E-state index in [1.54, 1.807) is 11.8 Å². The van der Waals surface area contributed by atoms with Gasteiger partial charge >= 0.3 is 0 Å². The lowest BCUT2D eigenvalue weighted by Gasteiger charge is -2.28. The maximum Gasteiger partial charge on any atom is 0.207 e. The van der Waals surface area contributed by atoms with E-state index in [2.05, 4.69) is 24.3 Å². The Hall–Kier alpha value is -2.13. The minimum absolute atomic E-state index is 0.139. The van der Waals surface area contributed by atoms with Gasteiger partial charge in [0.2, 0.25) is 5.88 Å². The molecule has 98 valence electrons. The van der Waals surface area contributed by atoms with Crippen molar-refractivity contribution < 1.29 is 5.11 Å². The number of fused-ring (bicyclic) bond motifs is 3. The maximum absolute atomic E-state index is 10.6. The monoisotopic (exact) mass is 279 g/mol. The normalized spacial score (nSPS) is 20.0. The first kappa shape index (κ1) is 11.7. The molecule has 2 aliphatic heterocycles. The van der Waals surface area contributed by atoms with Crippen LogP contribution in [0.2, 0.25) is 0 Å². The minimum Gasteiger partial charge on any atom is -0.494 e. The molecule has 0 bridgehead atoms. The maximum atomic E-state index is 10.6. The summed E-state index contributed by atoms with van der Waals surface area (Å²) in [4.78, 5) is 2.94. The van der Waals surface area contributed by atoms with Crippen LogP contribution in [0.4, 0.5) is 5.69 Å². The predicted molar refractivity (Wildman–Crippen MR) is 85.3 cm³/mol. The first-order chi connectivity index (χ1) is 9.84. The van der Waals surface area contributed by atoms with Crippen molar-refractivity contribution >= 4 is 28.4 Å².